The van der Waals surface area contributed by atoms with Gasteiger partial charge in [0.1, 0.15) is 6.79 Å². The maximum Gasteiger partial charge on any atom is 0.200 e. The van der Waals surface area contributed by atoms with E-state index in [2.05, 4.69) is 5.32 Å². The first-order valence-corrected chi connectivity index (χ1v) is 21.4. The van der Waals surface area contributed by atoms with Crippen LogP contribution < -0.4 is 19.5 Å². The fourth-order valence-electron chi connectivity index (χ4n) is 8.52. The zero-order valence-electron chi connectivity index (χ0n) is 31.3. The third-order valence-electron chi connectivity index (χ3n) is 11.3. The molecule has 0 radical (unpaired) electrons. The first-order valence-electron chi connectivity index (χ1n) is 19.0. The van der Waals surface area contributed by atoms with Gasteiger partial charge in [-0.05, 0) is 124 Å². The van der Waals surface area contributed by atoms with E-state index in [1.54, 1.807) is 19.1 Å². The highest BCUT2D eigenvalue weighted by atomic mass is 33.1. The van der Waals surface area contributed by atoms with Crippen molar-refractivity contribution in [2.75, 3.05) is 39.6 Å². The number of nitrogens with one attached hydrogen (secondary N) is 1. The van der Waals surface area contributed by atoms with Gasteiger partial charge >= 0.3 is 0 Å². The highest BCUT2D eigenvalue weighted by Crippen LogP contribution is 2.52. The lowest BCUT2D eigenvalue weighted by Crippen LogP contribution is -2.38. The second kappa shape index (κ2) is 20.3. The van der Waals surface area contributed by atoms with Crippen molar-refractivity contribution >= 4 is 21.6 Å². The summed E-state index contributed by atoms with van der Waals surface area (Å²) in [6, 6.07) is 7.13. The van der Waals surface area contributed by atoms with Crippen molar-refractivity contribution in [2.45, 2.75) is 119 Å². The van der Waals surface area contributed by atoms with E-state index in [-0.39, 0.29) is 71.1 Å². The number of phenols is 2. The van der Waals surface area contributed by atoms with Gasteiger partial charge in [0.2, 0.25) is 5.75 Å². The largest absolute Gasteiger partial charge is 0.504 e. The minimum absolute atomic E-state index is 0.00366. The minimum atomic E-state index is -1.05. The van der Waals surface area contributed by atoms with Crippen LogP contribution in [0.1, 0.15) is 86.7 Å². The van der Waals surface area contributed by atoms with Crippen molar-refractivity contribution in [3.05, 3.63) is 41.0 Å². The van der Waals surface area contributed by atoms with Crippen molar-refractivity contribution in [1.29, 1.82) is 0 Å². The van der Waals surface area contributed by atoms with Crippen molar-refractivity contribution in [3.63, 3.8) is 0 Å². The van der Waals surface area contributed by atoms with E-state index < -0.39 is 37.8 Å². The lowest BCUT2D eigenvalue weighted by Gasteiger charge is -2.30. The molecule has 1 aliphatic heterocycles. The number of fused-ring (bicyclic) bond motifs is 1. The monoisotopic (exact) mass is 797 g/mol. The van der Waals surface area contributed by atoms with Crippen LogP contribution in [0, 0.1) is 11.3 Å². The van der Waals surface area contributed by atoms with Gasteiger partial charge in [-0.1, -0.05) is 21.6 Å². The number of aryl methyl sites for hydroxylation is 1. The number of aromatic hydroxyl groups is 2. The molecule has 9 N–H and O–H groups in total. The summed E-state index contributed by atoms with van der Waals surface area (Å²) in [4.78, 5) is 0. The maximum atomic E-state index is 11.6. The van der Waals surface area contributed by atoms with Crippen LogP contribution in [0.3, 0.4) is 0 Å². The molecule has 2 fully saturated rings. The quantitative estimate of drug-likeness (QED) is 0.0980. The summed E-state index contributed by atoms with van der Waals surface area (Å²) in [6.07, 6.45) is 4.58. The Bertz CT molecular complexity index is 1490. The molecule has 13 nitrogen and oxygen atoms in total. The van der Waals surface area contributed by atoms with Gasteiger partial charge in [0.25, 0.3) is 0 Å². The molecule has 2 aliphatic carbocycles. The number of aliphatic hydroxyl groups excluding tert-OH is 6. The first-order chi connectivity index (χ1) is 26.0. The second-order valence-electron chi connectivity index (χ2n) is 15.2. The van der Waals surface area contributed by atoms with E-state index in [4.69, 9.17) is 18.9 Å². The zero-order valence-corrected chi connectivity index (χ0v) is 32.9. The Labute approximate surface area is 325 Å². The van der Waals surface area contributed by atoms with Gasteiger partial charge in [-0.25, -0.2) is 0 Å². The van der Waals surface area contributed by atoms with Gasteiger partial charge in [-0.15, -0.1) is 0 Å². The molecule has 0 saturated heterocycles. The smallest absolute Gasteiger partial charge is 0.200 e. The Balaban J connectivity index is 1.36. The standard InChI is InChI=1S/C39H59NO12S2/c1-23(44)19-40-26-5-8-39(17-26)9-6-28(18-39)52-34-14-25-3-4-27(50-21-42)15-31(45)30(11-24-12-35(49-2)38(48)36(13-24)51-22-43)33(47)20-53-54-37(7-10-41)29(25)16-32(34)46/h12-14,16,23,26-28,30-31,33,37,40-48H,3-11,15,17-22H2,1-2H3/t23-,26+,27-,28-,30-,31+,33-,37-,39-/m0/s1. The molecule has 304 valence electrons. The van der Waals surface area contributed by atoms with E-state index in [1.165, 1.54) is 34.8 Å². The van der Waals surface area contributed by atoms with Gasteiger partial charge in [0.15, 0.2) is 29.8 Å². The third-order valence-corrected chi connectivity index (χ3v) is 14.1. The SMILES string of the molecule is COc1cc(C[C@H]2[C@H](O)C[C@@H](OCO)CCc3cc(O[C@H]4CC[C@]5(CC[C@@H](NC[C@H](C)O)C5)C4)c(O)cc3[C@H](CCO)SSC[C@@H]2O)cc(OCO)c1O. The van der Waals surface area contributed by atoms with Crippen LogP contribution in [0.2, 0.25) is 0 Å². The molecular weight excluding hydrogens is 739 g/mol. The molecule has 2 aromatic rings. The van der Waals surface area contributed by atoms with E-state index in [9.17, 15) is 40.9 Å². The van der Waals surface area contributed by atoms with Gasteiger partial charge in [0.05, 0.1) is 37.6 Å². The number of hydrogen-bond acceptors (Lipinski definition) is 15. The fraction of sp³-hybridized carbons (Fsp3) is 0.692. The highest BCUT2D eigenvalue weighted by Gasteiger charge is 2.45. The lowest BCUT2D eigenvalue weighted by atomic mass is 9.84. The Morgan fingerprint density at radius 1 is 0.926 bits per heavy atom. The number of aliphatic hydroxyl groups is 6. The molecule has 15 heteroatoms. The summed E-state index contributed by atoms with van der Waals surface area (Å²) in [6.45, 7) is 1.06. The number of rotatable bonds is 14. The van der Waals surface area contributed by atoms with Crippen molar-refractivity contribution in [1.82, 2.24) is 5.32 Å². The molecule has 1 heterocycles. The molecule has 2 aromatic carbocycles. The van der Waals surface area contributed by atoms with Crippen LogP contribution in [0.25, 0.3) is 0 Å². The molecule has 0 unspecified atom stereocenters. The molecule has 0 bridgehead atoms. The maximum absolute atomic E-state index is 11.6. The molecule has 1 spiro atoms. The first kappa shape index (κ1) is 43.0. The van der Waals surface area contributed by atoms with Crippen molar-refractivity contribution < 1.29 is 59.8 Å². The molecule has 9 atom stereocenters. The van der Waals surface area contributed by atoms with Crippen LogP contribution in [0.4, 0.5) is 0 Å². The van der Waals surface area contributed by atoms with E-state index in [1.807, 2.05) is 6.07 Å². The number of hydrogen-bond donors (Lipinski definition) is 9. The number of phenolic OH excluding ortho intramolecular Hbond substituents is 2. The average Bonchev–Trinajstić information content (AvgIpc) is 3.74. The molecule has 0 amide bonds. The third kappa shape index (κ3) is 11.2. The highest BCUT2D eigenvalue weighted by molar-refractivity contribution is 8.76. The van der Waals surface area contributed by atoms with E-state index in [0.717, 1.165) is 49.7 Å². The molecule has 3 aliphatic rings. The summed E-state index contributed by atoms with van der Waals surface area (Å²) in [5.41, 5.74) is 2.54. The Morgan fingerprint density at radius 2 is 1.70 bits per heavy atom. The summed E-state index contributed by atoms with van der Waals surface area (Å²) >= 11 is 0. The van der Waals surface area contributed by atoms with Crippen LogP contribution >= 0.6 is 21.6 Å². The van der Waals surface area contributed by atoms with E-state index >= 15 is 0 Å². The van der Waals surface area contributed by atoms with Crippen LogP contribution in [-0.2, 0) is 17.6 Å². The predicted octanol–water partition coefficient (Wildman–Crippen LogP) is 3.93. The van der Waals surface area contributed by atoms with Crippen LogP contribution in [0.5, 0.6) is 28.7 Å². The number of ether oxygens (including phenoxy) is 4. The van der Waals surface area contributed by atoms with Crippen molar-refractivity contribution in [2.24, 2.45) is 11.3 Å². The molecular formula is C39H59NO12S2. The van der Waals surface area contributed by atoms with E-state index in [0.29, 0.717) is 43.2 Å². The normalized spacial score (nSPS) is 29.9. The van der Waals surface area contributed by atoms with Crippen LogP contribution in [0.15, 0.2) is 24.3 Å². The van der Waals surface area contributed by atoms with Gasteiger partial charge in [-0.3, -0.25) is 0 Å². The Hall–Kier alpha value is -2.18. The topological polar surface area (TPSA) is 211 Å². The van der Waals surface area contributed by atoms with Gasteiger partial charge in [-0.2, -0.15) is 0 Å². The number of benzene rings is 2. The minimum Gasteiger partial charge on any atom is -0.504 e. The van der Waals surface area contributed by atoms with Crippen molar-refractivity contribution in [3.8, 4) is 28.7 Å². The van der Waals surface area contributed by atoms with Gasteiger partial charge < -0.3 is 65.1 Å². The molecule has 0 aromatic heterocycles. The summed E-state index contributed by atoms with van der Waals surface area (Å²) < 4.78 is 22.8. The average molecular weight is 798 g/mol. The summed E-state index contributed by atoms with van der Waals surface area (Å²) in [5, 5.41) is 87.2. The predicted molar refractivity (Wildman–Crippen MR) is 207 cm³/mol. The van der Waals surface area contributed by atoms with Crippen LogP contribution in [-0.4, -0.2) is 117 Å². The molecule has 54 heavy (non-hydrogen) atoms. The zero-order chi connectivity index (χ0) is 38.8. The second-order valence-corrected chi connectivity index (χ2v) is 17.8. The fourth-order valence-corrected chi connectivity index (χ4v) is 11.4. The Kier molecular flexibility index (Phi) is 16.1. The Morgan fingerprint density at radius 3 is 2.43 bits per heavy atom. The lowest BCUT2D eigenvalue weighted by molar-refractivity contribution is -0.0808. The molecule has 5 rings (SSSR count). The van der Waals surface area contributed by atoms with Gasteiger partial charge in [0, 0.05) is 36.1 Å². The summed E-state index contributed by atoms with van der Waals surface area (Å²) in [5.74, 6) is -0.176. The summed E-state index contributed by atoms with van der Waals surface area (Å²) in [7, 11) is 4.29. The number of methoxy groups -OCH3 is 1. The molecule has 2 saturated carbocycles.